The van der Waals surface area contributed by atoms with Crippen molar-refractivity contribution in [2.24, 2.45) is 5.73 Å². The number of nitrogens with zero attached hydrogens (tertiary/aromatic N) is 3. The minimum absolute atomic E-state index is 0.132. The number of amides is 1. The van der Waals surface area contributed by atoms with Gasteiger partial charge in [-0.2, -0.15) is 0 Å². The fraction of sp³-hybridized carbons (Fsp3) is 0.636. The largest absolute Gasteiger partial charge is 0.368 e. The van der Waals surface area contributed by atoms with Crippen molar-refractivity contribution in [1.29, 1.82) is 0 Å². The van der Waals surface area contributed by atoms with Gasteiger partial charge in [0, 0.05) is 19.2 Å². The van der Waals surface area contributed by atoms with E-state index in [9.17, 15) is 9.59 Å². The van der Waals surface area contributed by atoms with Crippen LogP contribution in [-0.4, -0.2) is 39.8 Å². The third-order valence-electron chi connectivity index (χ3n) is 2.70. The Labute approximate surface area is 106 Å². The minimum atomic E-state index is -0.390. The number of carbonyl (C=O) groups is 2. The summed E-state index contributed by atoms with van der Waals surface area (Å²) in [5.41, 5.74) is 5.86. The Balaban J connectivity index is 2.48. The van der Waals surface area contributed by atoms with E-state index >= 15 is 0 Å². The minimum Gasteiger partial charge on any atom is -0.368 e. The van der Waals surface area contributed by atoms with Gasteiger partial charge in [0.25, 0.3) is 0 Å². The number of hydrogen-bond acceptors (Lipinski definition) is 5. The van der Waals surface area contributed by atoms with Crippen LogP contribution in [0.4, 0.5) is 0 Å². The first-order chi connectivity index (χ1) is 8.56. The summed E-state index contributed by atoms with van der Waals surface area (Å²) >= 11 is 0. The van der Waals surface area contributed by atoms with Gasteiger partial charge in [0.1, 0.15) is 5.78 Å². The van der Waals surface area contributed by atoms with Gasteiger partial charge in [-0.05, 0) is 13.5 Å². The summed E-state index contributed by atoms with van der Waals surface area (Å²) in [6, 6.07) is -0.380. The van der Waals surface area contributed by atoms with Crippen molar-refractivity contribution in [2.75, 3.05) is 7.05 Å². The molecule has 1 aromatic rings. The summed E-state index contributed by atoms with van der Waals surface area (Å²) in [5.74, 6) is -0.258. The molecule has 0 spiro atoms. The van der Waals surface area contributed by atoms with Gasteiger partial charge in [0.2, 0.25) is 5.91 Å². The van der Waals surface area contributed by atoms with Crippen molar-refractivity contribution in [3.8, 4) is 0 Å². The molecular formula is C11H19N5O2. The third-order valence-corrected chi connectivity index (χ3v) is 2.70. The molecule has 0 aliphatic heterocycles. The molecular weight excluding hydrogens is 234 g/mol. The number of carbonyl (C=O) groups excluding carboxylic acids is 2. The lowest BCUT2D eigenvalue weighted by atomic mass is 10.2. The van der Waals surface area contributed by atoms with E-state index in [1.165, 1.54) is 0 Å². The molecule has 0 fully saturated rings. The highest BCUT2D eigenvalue weighted by Gasteiger charge is 2.13. The van der Waals surface area contributed by atoms with Gasteiger partial charge in [-0.3, -0.25) is 14.3 Å². The van der Waals surface area contributed by atoms with Gasteiger partial charge < -0.3 is 11.1 Å². The third kappa shape index (κ3) is 4.25. The van der Waals surface area contributed by atoms with Crippen LogP contribution in [0.2, 0.25) is 0 Å². The molecule has 1 heterocycles. The zero-order chi connectivity index (χ0) is 13.5. The van der Waals surface area contributed by atoms with Crippen LogP contribution in [0.15, 0.2) is 6.20 Å². The predicted octanol–water partition coefficient (Wildman–Crippen LogP) is -0.737. The summed E-state index contributed by atoms with van der Waals surface area (Å²) in [4.78, 5) is 22.3. The monoisotopic (exact) mass is 253 g/mol. The van der Waals surface area contributed by atoms with Crippen LogP contribution in [0.3, 0.4) is 0 Å². The normalized spacial score (nSPS) is 12.3. The fourth-order valence-corrected chi connectivity index (χ4v) is 1.55. The van der Waals surface area contributed by atoms with E-state index in [1.807, 2.05) is 6.92 Å². The van der Waals surface area contributed by atoms with E-state index in [1.54, 1.807) is 17.9 Å². The molecule has 1 aromatic heterocycles. The zero-order valence-electron chi connectivity index (χ0n) is 10.7. The summed E-state index contributed by atoms with van der Waals surface area (Å²) in [7, 11) is 1.68. The van der Waals surface area contributed by atoms with Gasteiger partial charge >= 0.3 is 0 Å². The number of Topliss-reactive ketones (excluding diaryl/α,β-unsaturated/α-hetero) is 1. The number of rotatable bonds is 8. The Kier molecular flexibility index (Phi) is 5.44. The molecule has 0 radical (unpaired) electrons. The van der Waals surface area contributed by atoms with Crippen molar-refractivity contribution < 1.29 is 9.59 Å². The molecule has 7 heteroatoms. The molecule has 1 atom stereocenters. The van der Waals surface area contributed by atoms with Crippen molar-refractivity contribution in [2.45, 2.75) is 38.8 Å². The van der Waals surface area contributed by atoms with Crippen molar-refractivity contribution in [3.63, 3.8) is 0 Å². The van der Waals surface area contributed by atoms with Crippen LogP contribution in [0.25, 0.3) is 0 Å². The Morgan fingerprint density at radius 2 is 2.28 bits per heavy atom. The van der Waals surface area contributed by atoms with E-state index in [0.29, 0.717) is 31.5 Å². The van der Waals surface area contributed by atoms with Crippen LogP contribution in [0.1, 0.15) is 25.5 Å². The quantitative estimate of drug-likeness (QED) is 0.635. The topological polar surface area (TPSA) is 103 Å². The fourth-order valence-electron chi connectivity index (χ4n) is 1.55. The molecule has 3 N–H and O–H groups in total. The summed E-state index contributed by atoms with van der Waals surface area (Å²) in [6.45, 7) is 2.35. The molecule has 0 bridgehead atoms. The zero-order valence-corrected chi connectivity index (χ0v) is 10.7. The molecule has 0 saturated heterocycles. The highest BCUT2D eigenvalue weighted by Crippen LogP contribution is 2.00. The van der Waals surface area contributed by atoms with Gasteiger partial charge in [0.05, 0.1) is 18.2 Å². The molecule has 0 aromatic carbocycles. The Hall–Kier alpha value is -1.76. The van der Waals surface area contributed by atoms with Crippen molar-refractivity contribution in [1.82, 2.24) is 20.3 Å². The lowest BCUT2D eigenvalue weighted by Crippen LogP contribution is -2.39. The van der Waals surface area contributed by atoms with Gasteiger partial charge in [0.15, 0.2) is 0 Å². The number of nitrogens with two attached hydrogens (primary N) is 1. The highest BCUT2D eigenvalue weighted by atomic mass is 16.1. The van der Waals surface area contributed by atoms with E-state index in [2.05, 4.69) is 15.6 Å². The second-order valence-corrected chi connectivity index (χ2v) is 4.07. The lowest BCUT2D eigenvalue weighted by molar-refractivity contribution is -0.120. The maximum absolute atomic E-state index is 11.2. The van der Waals surface area contributed by atoms with Crippen LogP contribution < -0.4 is 11.1 Å². The molecule has 0 aliphatic carbocycles. The molecule has 0 aliphatic rings. The molecule has 1 unspecified atom stereocenters. The molecule has 1 rings (SSSR count). The van der Waals surface area contributed by atoms with E-state index in [4.69, 9.17) is 5.73 Å². The second-order valence-electron chi connectivity index (χ2n) is 4.07. The number of ketones is 1. The molecule has 7 nitrogen and oxygen atoms in total. The molecule has 1 amide bonds. The summed E-state index contributed by atoms with van der Waals surface area (Å²) in [6.07, 6.45) is 3.07. The standard InChI is InChI=1S/C11H19N5O2/c1-3-9(17)6-8-7-16(15-14-8)5-4-10(13-2)11(12)18/h7,10,13H,3-6H2,1-2H3,(H2,12,18). The lowest BCUT2D eigenvalue weighted by Gasteiger charge is -2.11. The van der Waals surface area contributed by atoms with Gasteiger partial charge in [-0.1, -0.05) is 12.1 Å². The SMILES string of the molecule is CCC(=O)Cc1cn(CCC(NC)C(N)=O)nn1. The maximum atomic E-state index is 11.2. The Morgan fingerprint density at radius 1 is 1.56 bits per heavy atom. The smallest absolute Gasteiger partial charge is 0.234 e. The molecule has 18 heavy (non-hydrogen) atoms. The number of aryl methyl sites for hydroxylation is 1. The second kappa shape index (κ2) is 6.85. The average Bonchev–Trinajstić information content (AvgIpc) is 2.77. The van der Waals surface area contributed by atoms with Crippen LogP contribution >= 0.6 is 0 Å². The van der Waals surface area contributed by atoms with Crippen molar-refractivity contribution >= 4 is 11.7 Å². The number of aromatic nitrogens is 3. The van der Waals surface area contributed by atoms with E-state index in [0.717, 1.165) is 0 Å². The van der Waals surface area contributed by atoms with Gasteiger partial charge in [-0.15, -0.1) is 5.10 Å². The van der Waals surface area contributed by atoms with Crippen LogP contribution in [0, 0.1) is 0 Å². The first-order valence-corrected chi connectivity index (χ1v) is 5.94. The van der Waals surface area contributed by atoms with Crippen LogP contribution in [-0.2, 0) is 22.6 Å². The molecule has 0 saturated carbocycles. The highest BCUT2D eigenvalue weighted by molar-refractivity contribution is 5.80. The number of nitrogens with one attached hydrogen (secondary N) is 1. The maximum Gasteiger partial charge on any atom is 0.234 e. The Bertz CT molecular complexity index is 415. The van der Waals surface area contributed by atoms with E-state index in [-0.39, 0.29) is 17.7 Å². The number of likely N-dealkylation sites (N-methyl/N-ethyl adjacent to an activating group) is 1. The number of hydrogen-bond donors (Lipinski definition) is 2. The van der Waals surface area contributed by atoms with E-state index < -0.39 is 0 Å². The predicted molar refractivity (Wildman–Crippen MR) is 65.7 cm³/mol. The first-order valence-electron chi connectivity index (χ1n) is 5.94. The Morgan fingerprint density at radius 3 is 2.83 bits per heavy atom. The summed E-state index contributed by atoms with van der Waals surface area (Å²) in [5, 5.41) is 10.6. The van der Waals surface area contributed by atoms with Crippen molar-refractivity contribution in [3.05, 3.63) is 11.9 Å². The van der Waals surface area contributed by atoms with Gasteiger partial charge in [-0.25, -0.2) is 0 Å². The van der Waals surface area contributed by atoms with Crippen LogP contribution in [0.5, 0.6) is 0 Å². The molecule has 100 valence electrons. The average molecular weight is 253 g/mol. The first kappa shape index (κ1) is 14.3. The number of primary amides is 1. The summed E-state index contributed by atoms with van der Waals surface area (Å²) < 4.78 is 1.62.